The van der Waals surface area contributed by atoms with E-state index in [1.807, 2.05) is 13.8 Å². The number of amides is 1. The van der Waals surface area contributed by atoms with Gasteiger partial charge < -0.3 is 19.3 Å². The Hall–Kier alpha value is -4.18. The zero-order chi connectivity index (χ0) is 30.8. The van der Waals surface area contributed by atoms with Crippen LogP contribution in [0, 0.1) is 6.92 Å². The second kappa shape index (κ2) is 12.6. The third-order valence-corrected chi connectivity index (χ3v) is 8.77. The van der Waals surface area contributed by atoms with Crippen LogP contribution in [0.4, 0.5) is 5.13 Å². The van der Waals surface area contributed by atoms with Gasteiger partial charge in [0.15, 0.2) is 22.4 Å². The molecule has 3 aromatic rings. The number of hydrogen-bond acceptors (Lipinski definition) is 9. The number of benzene rings is 2. The lowest BCUT2D eigenvalue weighted by molar-refractivity contribution is -0.132. The lowest BCUT2D eigenvalue weighted by Crippen LogP contribution is -2.29. The zero-order valence-corrected chi connectivity index (χ0v) is 25.9. The molecule has 1 N–H and O–H groups in total. The number of carbonyl (C=O) groups excluding carboxylic acids is 3. The summed E-state index contributed by atoms with van der Waals surface area (Å²) in [6.45, 7) is 9.97. The molecule has 1 aromatic heterocycles. The van der Waals surface area contributed by atoms with Gasteiger partial charge in [0, 0.05) is 18.9 Å². The molecular formula is C33H36N2O7S. The molecule has 0 unspecified atom stereocenters. The Morgan fingerprint density at radius 1 is 1.12 bits per heavy atom. The van der Waals surface area contributed by atoms with Gasteiger partial charge in [-0.2, -0.15) is 0 Å². The van der Waals surface area contributed by atoms with Crippen LogP contribution in [0.5, 0.6) is 17.2 Å². The molecule has 1 amide bonds. The number of ketones is 2. The predicted octanol–water partition coefficient (Wildman–Crippen LogP) is 6.57. The average molecular weight is 605 g/mol. The smallest absolute Gasteiger partial charge is 0.301 e. The third kappa shape index (κ3) is 5.88. The molecule has 2 aromatic carbocycles. The number of carbonyl (C=O) groups is 3. The molecule has 10 heteroatoms. The number of anilines is 1. The van der Waals surface area contributed by atoms with Crippen LogP contribution in [0.15, 0.2) is 42.0 Å². The second-order valence-corrected chi connectivity index (χ2v) is 11.8. The minimum Gasteiger partial charge on any atom is -0.507 e. The van der Waals surface area contributed by atoms with Crippen molar-refractivity contribution in [2.75, 3.05) is 18.1 Å². The molecule has 3 heterocycles. The van der Waals surface area contributed by atoms with E-state index in [9.17, 15) is 19.5 Å². The van der Waals surface area contributed by atoms with E-state index in [0.29, 0.717) is 52.8 Å². The number of aliphatic hydroxyl groups excluding tert-OH is 1. The topological polar surface area (TPSA) is 115 Å². The Morgan fingerprint density at radius 2 is 1.91 bits per heavy atom. The number of hydrogen-bond donors (Lipinski definition) is 1. The van der Waals surface area contributed by atoms with Gasteiger partial charge >= 0.3 is 5.91 Å². The normalized spacial score (nSPS) is 19.0. The number of nitrogens with zero attached hydrogens (tertiary/aromatic N) is 2. The maximum Gasteiger partial charge on any atom is 0.301 e. The summed E-state index contributed by atoms with van der Waals surface area (Å²) in [6.07, 6.45) is 3.67. The van der Waals surface area contributed by atoms with E-state index in [0.717, 1.165) is 41.9 Å². The van der Waals surface area contributed by atoms with E-state index < -0.39 is 17.7 Å². The minimum atomic E-state index is -1.03. The molecule has 1 fully saturated rings. The summed E-state index contributed by atoms with van der Waals surface area (Å²) < 4.78 is 17.7. The summed E-state index contributed by atoms with van der Waals surface area (Å²) in [5, 5.41) is 11.9. The number of thiazole rings is 1. The number of aromatic nitrogens is 1. The highest BCUT2D eigenvalue weighted by molar-refractivity contribution is 7.18. The van der Waals surface area contributed by atoms with Crippen LogP contribution < -0.4 is 19.1 Å². The molecule has 0 spiro atoms. The van der Waals surface area contributed by atoms with E-state index >= 15 is 0 Å². The van der Waals surface area contributed by atoms with Crippen molar-refractivity contribution in [2.24, 2.45) is 0 Å². The fourth-order valence-corrected chi connectivity index (χ4v) is 6.49. The van der Waals surface area contributed by atoms with Gasteiger partial charge in [0.05, 0.1) is 35.4 Å². The first-order valence-electron chi connectivity index (χ1n) is 14.6. The van der Waals surface area contributed by atoms with Crippen molar-refractivity contribution in [2.45, 2.75) is 72.4 Å². The monoisotopic (exact) mass is 604 g/mol. The zero-order valence-electron chi connectivity index (χ0n) is 25.1. The van der Waals surface area contributed by atoms with Gasteiger partial charge in [0.1, 0.15) is 17.6 Å². The maximum atomic E-state index is 13.7. The quantitative estimate of drug-likeness (QED) is 0.0859. The van der Waals surface area contributed by atoms with Crippen molar-refractivity contribution >= 4 is 39.7 Å². The number of fused-ring (bicyclic) bond motifs is 1. The van der Waals surface area contributed by atoms with E-state index in [1.54, 1.807) is 43.3 Å². The summed E-state index contributed by atoms with van der Waals surface area (Å²) in [5.41, 5.74) is 2.23. The Morgan fingerprint density at radius 3 is 2.60 bits per heavy atom. The van der Waals surface area contributed by atoms with Crippen LogP contribution in [0.25, 0.3) is 5.76 Å². The van der Waals surface area contributed by atoms with Crippen LogP contribution in [0.1, 0.15) is 85.1 Å². The lowest BCUT2D eigenvalue weighted by Gasteiger charge is -2.24. The van der Waals surface area contributed by atoms with E-state index in [-0.39, 0.29) is 28.4 Å². The Bertz CT molecular complexity index is 1610. The van der Waals surface area contributed by atoms with Crippen LogP contribution in [0.2, 0.25) is 0 Å². The van der Waals surface area contributed by atoms with Gasteiger partial charge in [0.25, 0.3) is 5.78 Å². The highest BCUT2D eigenvalue weighted by atomic mass is 32.1. The SMILES string of the molecule is CCCCCOc1ccc([C@@H]2C(=C(O)c3ccc4c(c3)C[C@H](C)O4)C(=O)C(=O)N2c2nc(C)c(C(C)=O)s2)cc1OCC. The van der Waals surface area contributed by atoms with Crippen molar-refractivity contribution in [3.05, 3.63) is 69.2 Å². The van der Waals surface area contributed by atoms with Crippen molar-refractivity contribution in [1.29, 1.82) is 0 Å². The number of aryl methyl sites for hydroxylation is 1. The highest BCUT2D eigenvalue weighted by Crippen LogP contribution is 2.46. The Labute approximate surface area is 255 Å². The molecule has 9 nitrogen and oxygen atoms in total. The first-order valence-corrected chi connectivity index (χ1v) is 15.4. The summed E-state index contributed by atoms with van der Waals surface area (Å²) in [7, 11) is 0. The molecule has 2 aliphatic rings. The highest BCUT2D eigenvalue weighted by Gasteiger charge is 2.48. The number of aliphatic hydroxyl groups is 1. The predicted molar refractivity (Wildman–Crippen MR) is 165 cm³/mol. The summed E-state index contributed by atoms with van der Waals surface area (Å²) in [4.78, 5) is 45.8. The van der Waals surface area contributed by atoms with Gasteiger partial charge in [-0.05, 0) is 68.7 Å². The van der Waals surface area contributed by atoms with E-state index in [4.69, 9.17) is 14.2 Å². The second-order valence-electron chi connectivity index (χ2n) is 10.8. The largest absolute Gasteiger partial charge is 0.507 e. The van der Waals surface area contributed by atoms with Gasteiger partial charge in [0.2, 0.25) is 0 Å². The average Bonchev–Trinajstić information content (AvgIpc) is 3.63. The molecular weight excluding hydrogens is 568 g/mol. The minimum absolute atomic E-state index is 0.00119. The molecule has 0 saturated carbocycles. The summed E-state index contributed by atoms with van der Waals surface area (Å²) in [5.74, 6) is -0.430. The molecule has 0 bridgehead atoms. The fourth-order valence-electron chi connectivity index (χ4n) is 5.50. The van der Waals surface area contributed by atoms with Gasteiger partial charge in [-0.1, -0.05) is 37.2 Å². The summed E-state index contributed by atoms with van der Waals surface area (Å²) >= 11 is 1.04. The molecule has 5 rings (SSSR count). The van der Waals surface area contributed by atoms with Gasteiger partial charge in [-0.15, -0.1) is 0 Å². The van der Waals surface area contributed by atoms with E-state index in [2.05, 4.69) is 11.9 Å². The fraction of sp³-hybridized carbons (Fsp3) is 0.394. The Balaban J connectivity index is 1.65. The first-order chi connectivity index (χ1) is 20.6. The number of rotatable bonds is 11. The summed E-state index contributed by atoms with van der Waals surface area (Å²) in [6, 6.07) is 9.46. The number of ether oxygens (including phenoxy) is 3. The molecule has 1 saturated heterocycles. The van der Waals surface area contributed by atoms with Crippen LogP contribution in [0.3, 0.4) is 0 Å². The van der Waals surface area contributed by atoms with Gasteiger partial charge in [-0.25, -0.2) is 4.98 Å². The van der Waals surface area contributed by atoms with Crippen LogP contribution in [-0.4, -0.2) is 46.9 Å². The molecule has 0 radical (unpaired) electrons. The standard InChI is InChI=1S/C33H36N2O7S/c1-6-8-9-14-41-25-13-10-21(17-26(25)40-7-2)28-27(29(37)22-11-12-24-23(16-22)15-18(3)42-24)30(38)32(39)35(28)33-34-19(4)31(43-33)20(5)36/h10-13,16-18,28,37H,6-9,14-15H2,1-5H3/t18-,28+/m0/s1. The van der Waals surface area contributed by atoms with Crippen molar-refractivity contribution < 1.29 is 33.7 Å². The van der Waals surface area contributed by atoms with Crippen LogP contribution >= 0.6 is 11.3 Å². The molecule has 2 atom stereocenters. The third-order valence-electron chi connectivity index (χ3n) is 7.51. The van der Waals surface area contributed by atoms with Crippen LogP contribution in [-0.2, 0) is 16.0 Å². The van der Waals surface area contributed by atoms with Gasteiger partial charge in [-0.3, -0.25) is 19.3 Å². The van der Waals surface area contributed by atoms with Crippen molar-refractivity contribution in [3.63, 3.8) is 0 Å². The van der Waals surface area contributed by atoms with E-state index in [1.165, 1.54) is 11.8 Å². The molecule has 2 aliphatic heterocycles. The van der Waals surface area contributed by atoms with Crippen molar-refractivity contribution in [3.8, 4) is 17.2 Å². The molecule has 43 heavy (non-hydrogen) atoms. The lowest BCUT2D eigenvalue weighted by atomic mass is 9.94. The molecule has 0 aliphatic carbocycles. The Kier molecular flexibility index (Phi) is 8.87. The number of unbranched alkanes of at least 4 members (excludes halogenated alkanes) is 2. The first kappa shape index (κ1) is 30.3. The maximum absolute atomic E-state index is 13.7. The van der Waals surface area contributed by atoms with Crippen molar-refractivity contribution in [1.82, 2.24) is 4.98 Å². The number of Topliss-reactive ketones (excluding diaryl/α,β-unsaturated/α-hetero) is 2. The molecule has 226 valence electrons.